The highest BCUT2D eigenvalue weighted by Crippen LogP contribution is 2.19. The first-order valence-corrected chi connectivity index (χ1v) is 4.60. The molecule has 0 aromatic rings. The molecule has 0 amide bonds. The Balaban J connectivity index is 2.31. The second-order valence-electron chi connectivity index (χ2n) is 3.74. The zero-order valence-electron chi connectivity index (χ0n) is 7.92. The van der Waals surface area contributed by atoms with Gasteiger partial charge in [0.1, 0.15) is 0 Å². The van der Waals surface area contributed by atoms with Crippen molar-refractivity contribution in [3.05, 3.63) is 11.6 Å². The van der Waals surface area contributed by atoms with E-state index in [0.29, 0.717) is 12.5 Å². The van der Waals surface area contributed by atoms with Crippen LogP contribution in [0.1, 0.15) is 26.7 Å². The summed E-state index contributed by atoms with van der Waals surface area (Å²) in [6.07, 6.45) is 4.59. The molecule has 2 heteroatoms. The molecule has 0 aromatic carbocycles. The minimum absolute atomic E-state index is 0.265. The van der Waals surface area contributed by atoms with E-state index in [1.54, 1.807) is 0 Å². The number of ether oxygens (including phenoxy) is 1. The van der Waals surface area contributed by atoms with Crippen LogP contribution in [0.2, 0.25) is 0 Å². The molecular formula is C10H18O2. The largest absolute Gasteiger partial charge is 0.396 e. The summed E-state index contributed by atoms with van der Waals surface area (Å²) in [6.45, 7) is 5.15. The summed E-state index contributed by atoms with van der Waals surface area (Å²) < 4.78 is 5.56. The Kier molecular flexibility index (Phi) is 3.76. The molecule has 0 bridgehead atoms. The highest BCUT2D eigenvalue weighted by molar-refractivity contribution is 4.99. The van der Waals surface area contributed by atoms with Gasteiger partial charge in [-0.1, -0.05) is 11.6 Å². The Morgan fingerprint density at radius 1 is 1.50 bits per heavy atom. The summed E-state index contributed by atoms with van der Waals surface area (Å²) in [6, 6.07) is 0. The second kappa shape index (κ2) is 4.63. The van der Waals surface area contributed by atoms with Crippen molar-refractivity contribution in [1.82, 2.24) is 0 Å². The first-order chi connectivity index (χ1) is 5.72. The highest BCUT2D eigenvalue weighted by Gasteiger charge is 2.18. The van der Waals surface area contributed by atoms with E-state index in [1.165, 1.54) is 5.57 Å². The normalized spacial score (nSPS) is 29.9. The number of aliphatic hydroxyl groups excluding tert-OH is 1. The lowest BCUT2D eigenvalue weighted by Crippen LogP contribution is -2.26. The summed E-state index contributed by atoms with van der Waals surface area (Å²) in [5.74, 6) is 0.367. The lowest BCUT2D eigenvalue weighted by atomic mass is 9.98. The zero-order valence-corrected chi connectivity index (χ0v) is 7.92. The zero-order chi connectivity index (χ0) is 8.97. The van der Waals surface area contributed by atoms with Crippen molar-refractivity contribution >= 4 is 0 Å². The maximum absolute atomic E-state index is 8.86. The van der Waals surface area contributed by atoms with Gasteiger partial charge in [-0.15, -0.1) is 0 Å². The van der Waals surface area contributed by atoms with Crippen LogP contribution >= 0.6 is 0 Å². The first kappa shape index (κ1) is 9.75. The molecule has 2 unspecified atom stereocenters. The number of rotatable bonds is 2. The third-order valence-corrected chi connectivity index (χ3v) is 2.18. The Morgan fingerprint density at radius 2 is 2.25 bits per heavy atom. The molecule has 0 aromatic heterocycles. The Hall–Kier alpha value is -0.340. The van der Waals surface area contributed by atoms with Gasteiger partial charge in [-0.25, -0.2) is 0 Å². The molecule has 1 rings (SSSR count). The van der Waals surface area contributed by atoms with E-state index in [9.17, 15) is 0 Å². The molecule has 1 aliphatic rings. The smallest absolute Gasteiger partial charge is 0.0758 e. The topological polar surface area (TPSA) is 29.5 Å². The molecule has 1 heterocycles. The summed E-state index contributed by atoms with van der Waals surface area (Å²) in [5, 5.41) is 8.86. The van der Waals surface area contributed by atoms with Crippen LogP contribution < -0.4 is 0 Å². The van der Waals surface area contributed by atoms with E-state index in [4.69, 9.17) is 9.84 Å². The van der Waals surface area contributed by atoms with Crippen LogP contribution in [0.4, 0.5) is 0 Å². The molecule has 0 aliphatic carbocycles. The minimum atomic E-state index is 0.265. The predicted octanol–water partition coefficient (Wildman–Crippen LogP) is 1.74. The van der Waals surface area contributed by atoms with Crippen LogP contribution in [-0.4, -0.2) is 24.4 Å². The summed E-state index contributed by atoms with van der Waals surface area (Å²) >= 11 is 0. The Bertz CT molecular complexity index is 151. The molecule has 2 atom stereocenters. The van der Waals surface area contributed by atoms with E-state index in [2.05, 4.69) is 19.9 Å². The summed E-state index contributed by atoms with van der Waals surface area (Å²) in [4.78, 5) is 0. The fourth-order valence-corrected chi connectivity index (χ4v) is 1.47. The Morgan fingerprint density at radius 3 is 2.67 bits per heavy atom. The molecule has 0 spiro atoms. The lowest BCUT2D eigenvalue weighted by molar-refractivity contribution is -0.00679. The van der Waals surface area contributed by atoms with Crippen LogP contribution in [0.15, 0.2) is 11.6 Å². The monoisotopic (exact) mass is 170 g/mol. The molecule has 1 fully saturated rings. The standard InChI is InChI=1S/C10H18O2/c1-8(2)5-10-4-3-9(6-11)7-12-10/h5,9-11H,3-4,6-7H2,1-2H3. The third-order valence-electron chi connectivity index (χ3n) is 2.18. The van der Waals surface area contributed by atoms with E-state index in [0.717, 1.165) is 12.8 Å². The van der Waals surface area contributed by atoms with Crippen LogP contribution in [-0.2, 0) is 4.74 Å². The molecule has 12 heavy (non-hydrogen) atoms. The molecule has 70 valence electrons. The van der Waals surface area contributed by atoms with Gasteiger partial charge in [-0.05, 0) is 26.7 Å². The molecule has 1 aliphatic heterocycles. The van der Waals surface area contributed by atoms with E-state index in [-0.39, 0.29) is 12.7 Å². The second-order valence-corrected chi connectivity index (χ2v) is 3.74. The van der Waals surface area contributed by atoms with Crippen molar-refractivity contribution in [2.75, 3.05) is 13.2 Å². The number of allylic oxidation sites excluding steroid dienone is 1. The van der Waals surface area contributed by atoms with Gasteiger partial charge < -0.3 is 9.84 Å². The maximum Gasteiger partial charge on any atom is 0.0758 e. The van der Waals surface area contributed by atoms with Crippen molar-refractivity contribution in [3.63, 3.8) is 0 Å². The van der Waals surface area contributed by atoms with Gasteiger partial charge in [0.25, 0.3) is 0 Å². The van der Waals surface area contributed by atoms with Gasteiger partial charge in [0.2, 0.25) is 0 Å². The molecule has 0 radical (unpaired) electrons. The van der Waals surface area contributed by atoms with Gasteiger partial charge in [0.15, 0.2) is 0 Å². The van der Waals surface area contributed by atoms with Crippen LogP contribution in [0.25, 0.3) is 0 Å². The van der Waals surface area contributed by atoms with Crippen LogP contribution in [0.5, 0.6) is 0 Å². The van der Waals surface area contributed by atoms with Gasteiger partial charge in [-0.3, -0.25) is 0 Å². The molecule has 1 N–H and O–H groups in total. The van der Waals surface area contributed by atoms with Crippen molar-refractivity contribution in [2.24, 2.45) is 5.92 Å². The summed E-state index contributed by atoms with van der Waals surface area (Å²) in [5.41, 5.74) is 1.31. The number of aliphatic hydroxyl groups is 1. The van der Waals surface area contributed by atoms with Gasteiger partial charge in [0.05, 0.1) is 12.7 Å². The quantitative estimate of drug-likeness (QED) is 0.640. The lowest BCUT2D eigenvalue weighted by Gasteiger charge is -2.26. The number of hydrogen-bond donors (Lipinski definition) is 1. The minimum Gasteiger partial charge on any atom is -0.396 e. The average molecular weight is 170 g/mol. The van der Waals surface area contributed by atoms with Crippen molar-refractivity contribution in [1.29, 1.82) is 0 Å². The van der Waals surface area contributed by atoms with Crippen molar-refractivity contribution < 1.29 is 9.84 Å². The van der Waals surface area contributed by atoms with E-state index in [1.807, 2.05) is 0 Å². The van der Waals surface area contributed by atoms with Crippen molar-refractivity contribution in [3.8, 4) is 0 Å². The number of hydrogen-bond acceptors (Lipinski definition) is 2. The first-order valence-electron chi connectivity index (χ1n) is 4.60. The Labute approximate surface area is 74.2 Å². The van der Waals surface area contributed by atoms with E-state index < -0.39 is 0 Å². The van der Waals surface area contributed by atoms with Crippen LogP contribution in [0.3, 0.4) is 0 Å². The predicted molar refractivity (Wildman–Crippen MR) is 49.0 cm³/mol. The molecule has 2 nitrogen and oxygen atoms in total. The fourth-order valence-electron chi connectivity index (χ4n) is 1.47. The third kappa shape index (κ3) is 2.95. The molecule has 1 saturated heterocycles. The molecular weight excluding hydrogens is 152 g/mol. The van der Waals surface area contributed by atoms with E-state index >= 15 is 0 Å². The van der Waals surface area contributed by atoms with Gasteiger partial charge >= 0.3 is 0 Å². The van der Waals surface area contributed by atoms with Crippen molar-refractivity contribution in [2.45, 2.75) is 32.8 Å². The fraction of sp³-hybridized carbons (Fsp3) is 0.800. The SMILES string of the molecule is CC(C)=CC1CCC(CO)CO1. The van der Waals surface area contributed by atoms with Gasteiger partial charge in [0, 0.05) is 12.5 Å². The summed E-state index contributed by atoms with van der Waals surface area (Å²) in [7, 11) is 0. The van der Waals surface area contributed by atoms with Crippen LogP contribution in [0, 0.1) is 5.92 Å². The van der Waals surface area contributed by atoms with Gasteiger partial charge in [-0.2, -0.15) is 0 Å². The maximum atomic E-state index is 8.86. The molecule has 0 saturated carbocycles. The highest BCUT2D eigenvalue weighted by atomic mass is 16.5. The average Bonchev–Trinajstić information content (AvgIpc) is 2.05.